The highest BCUT2D eigenvalue weighted by Crippen LogP contribution is 2.39. The van der Waals surface area contributed by atoms with Gasteiger partial charge in [-0.15, -0.1) is 0 Å². The second kappa shape index (κ2) is 6.57. The van der Waals surface area contributed by atoms with E-state index >= 15 is 0 Å². The van der Waals surface area contributed by atoms with Crippen LogP contribution in [0, 0.1) is 5.41 Å². The average molecular weight is 283 g/mol. The summed E-state index contributed by atoms with van der Waals surface area (Å²) >= 11 is 0. The lowest BCUT2D eigenvalue weighted by molar-refractivity contribution is -0.154. The highest BCUT2D eigenvalue weighted by atomic mass is 16.5. The molecule has 0 aromatic carbocycles. The Balaban J connectivity index is 1.90. The lowest BCUT2D eigenvalue weighted by atomic mass is 9.71. The number of hydrogen-bond donors (Lipinski definition) is 2. The average Bonchev–Trinajstić information content (AvgIpc) is 2.39. The minimum absolute atomic E-state index is 0.117. The number of carbonyl (C=O) groups excluding carboxylic acids is 1. The van der Waals surface area contributed by atoms with Gasteiger partial charge < -0.3 is 15.2 Å². The third-order valence-electron chi connectivity index (χ3n) is 4.61. The second-order valence-electron chi connectivity index (χ2n) is 6.29. The third-order valence-corrected chi connectivity index (χ3v) is 4.61. The molecule has 2 atom stereocenters. The van der Waals surface area contributed by atoms with Gasteiger partial charge in [0, 0.05) is 19.1 Å². The van der Waals surface area contributed by atoms with E-state index in [9.17, 15) is 14.7 Å². The van der Waals surface area contributed by atoms with Gasteiger partial charge in [0.2, 0.25) is 5.91 Å². The Morgan fingerprint density at radius 2 is 2.00 bits per heavy atom. The zero-order chi connectivity index (χ0) is 14.6. The lowest BCUT2D eigenvalue weighted by Crippen LogP contribution is -2.45. The van der Waals surface area contributed by atoms with E-state index in [0.29, 0.717) is 19.4 Å². The number of hydrogen-bond acceptors (Lipinski definition) is 3. The van der Waals surface area contributed by atoms with Gasteiger partial charge in [-0.2, -0.15) is 0 Å². The summed E-state index contributed by atoms with van der Waals surface area (Å²) in [7, 11) is 0. The predicted molar refractivity (Wildman–Crippen MR) is 74.3 cm³/mol. The molecule has 5 heteroatoms. The molecule has 20 heavy (non-hydrogen) atoms. The first-order valence-corrected chi connectivity index (χ1v) is 7.66. The Morgan fingerprint density at radius 3 is 2.60 bits per heavy atom. The predicted octanol–water partition coefficient (Wildman–Crippen LogP) is 2.10. The highest BCUT2D eigenvalue weighted by Gasteiger charge is 2.41. The summed E-state index contributed by atoms with van der Waals surface area (Å²) in [5.41, 5.74) is -0.834. The molecule has 2 aliphatic rings. The molecule has 114 valence electrons. The summed E-state index contributed by atoms with van der Waals surface area (Å²) in [5, 5.41) is 12.5. The molecular formula is C15H25NO4. The minimum Gasteiger partial charge on any atom is -0.481 e. The quantitative estimate of drug-likeness (QED) is 0.828. The molecule has 1 saturated carbocycles. The zero-order valence-electron chi connectivity index (χ0n) is 12.2. The smallest absolute Gasteiger partial charge is 0.310 e. The number of amides is 1. The standard InChI is InChI=1S/C15H25NO4/c1-11-9-12(5-8-20-11)16-13(17)10-15(14(18)19)6-3-2-4-7-15/h11-12H,2-10H2,1H3,(H,16,17)(H,18,19). The van der Waals surface area contributed by atoms with E-state index in [0.717, 1.165) is 32.1 Å². The molecule has 1 aliphatic carbocycles. The molecular weight excluding hydrogens is 258 g/mol. The van der Waals surface area contributed by atoms with Gasteiger partial charge >= 0.3 is 5.97 Å². The first-order valence-electron chi connectivity index (χ1n) is 7.66. The Bertz CT molecular complexity index is 363. The normalized spacial score (nSPS) is 29.6. The first kappa shape index (κ1) is 15.3. The molecule has 0 spiro atoms. The van der Waals surface area contributed by atoms with Gasteiger partial charge in [-0.05, 0) is 32.6 Å². The third kappa shape index (κ3) is 3.72. The van der Waals surface area contributed by atoms with E-state index in [4.69, 9.17) is 4.74 Å². The Kier molecular flexibility index (Phi) is 5.02. The number of ether oxygens (including phenoxy) is 1. The maximum atomic E-state index is 12.2. The fraction of sp³-hybridized carbons (Fsp3) is 0.867. The van der Waals surface area contributed by atoms with Crippen molar-refractivity contribution in [3.05, 3.63) is 0 Å². The van der Waals surface area contributed by atoms with Crippen LogP contribution in [0.2, 0.25) is 0 Å². The highest BCUT2D eigenvalue weighted by molar-refractivity contribution is 5.85. The van der Waals surface area contributed by atoms with Crippen LogP contribution in [-0.2, 0) is 14.3 Å². The van der Waals surface area contributed by atoms with Crippen LogP contribution in [0.4, 0.5) is 0 Å². The fourth-order valence-electron chi connectivity index (χ4n) is 3.41. The molecule has 0 aromatic heterocycles. The van der Waals surface area contributed by atoms with Crippen LogP contribution in [0.1, 0.15) is 58.3 Å². The number of rotatable bonds is 4. The largest absolute Gasteiger partial charge is 0.481 e. The summed E-state index contributed by atoms with van der Waals surface area (Å²) in [4.78, 5) is 23.7. The molecule has 2 fully saturated rings. The molecule has 2 N–H and O–H groups in total. The summed E-state index contributed by atoms with van der Waals surface area (Å²) in [6, 6.07) is 0.126. The summed E-state index contributed by atoms with van der Waals surface area (Å²) in [6.45, 7) is 2.66. The van der Waals surface area contributed by atoms with Gasteiger partial charge in [-0.3, -0.25) is 9.59 Å². The van der Waals surface area contributed by atoms with E-state index in [1.165, 1.54) is 0 Å². The van der Waals surface area contributed by atoms with Crippen LogP contribution in [0.15, 0.2) is 0 Å². The van der Waals surface area contributed by atoms with E-state index in [2.05, 4.69) is 5.32 Å². The summed E-state index contributed by atoms with van der Waals surface area (Å²) in [6.07, 6.45) is 6.06. The fourth-order valence-corrected chi connectivity index (χ4v) is 3.41. The van der Waals surface area contributed by atoms with Crippen molar-refractivity contribution in [2.75, 3.05) is 6.61 Å². The zero-order valence-corrected chi connectivity index (χ0v) is 12.2. The Hall–Kier alpha value is -1.10. The molecule has 2 rings (SSSR count). The van der Waals surface area contributed by atoms with Gasteiger partial charge in [-0.1, -0.05) is 19.3 Å². The topological polar surface area (TPSA) is 75.6 Å². The maximum Gasteiger partial charge on any atom is 0.310 e. The number of carboxylic acids is 1. The number of carboxylic acid groups (broad SMARTS) is 1. The molecule has 1 saturated heterocycles. The molecule has 2 unspecified atom stereocenters. The van der Waals surface area contributed by atoms with Gasteiger partial charge in [0.1, 0.15) is 0 Å². The molecule has 0 aromatic rings. The Morgan fingerprint density at radius 1 is 1.30 bits per heavy atom. The van der Waals surface area contributed by atoms with Crippen molar-refractivity contribution in [1.29, 1.82) is 0 Å². The lowest BCUT2D eigenvalue weighted by Gasteiger charge is -2.34. The van der Waals surface area contributed by atoms with Gasteiger partial charge in [0.05, 0.1) is 11.5 Å². The van der Waals surface area contributed by atoms with Crippen LogP contribution < -0.4 is 5.32 Å². The molecule has 1 aliphatic heterocycles. The van der Waals surface area contributed by atoms with Gasteiger partial charge in [-0.25, -0.2) is 0 Å². The van der Waals surface area contributed by atoms with Crippen LogP contribution in [0.3, 0.4) is 0 Å². The number of aliphatic carboxylic acids is 1. The van der Waals surface area contributed by atoms with Crippen molar-refractivity contribution in [2.24, 2.45) is 5.41 Å². The second-order valence-corrected chi connectivity index (χ2v) is 6.29. The minimum atomic E-state index is -0.834. The summed E-state index contributed by atoms with van der Waals surface area (Å²) in [5.74, 6) is -0.930. The summed E-state index contributed by atoms with van der Waals surface area (Å²) < 4.78 is 5.45. The number of carbonyl (C=O) groups is 2. The molecule has 0 bridgehead atoms. The molecule has 0 radical (unpaired) electrons. The van der Waals surface area contributed by atoms with Gasteiger partial charge in [0.25, 0.3) is 0 Å². The van der Waals surface area contributed by atoms with Crippen LogP contribution >= 0.6 is 0 Å². The van der Waals surface area contributed by atoms with Crippen molar-refractivity contribution in [1.82, 2.24) is 5.32 Å². The Labute approximate surface area is 120 Å². The van der Waals surface area contributed by atoms with Crippen molar-refractivity contribution in [3.8, 4) is 0 Å². The van der Waals surface area contributed by atoms with E-state index < -0.39 is 11.4 Å². The van der Waals surface area contributed by atoms with E-state index in [1.807, 2.05) is 6.92 Å². The maximum absolute atomic E-state index is 12.2. The first-order chi connectivity index (χ1) is 9.52. The van der Waals surface area contributed by atoms with Crippen molar-refractivity contribution < 1.29 is 19.4 Å². The SMILES string of the molecule is CC1CC(NC(=O)CC2(C(=O)O)CCCCC2)CCO1. The van der Waals surface area contributed by atoms with E-state index in [-0.39, 0.29) is 24.5 Å². The van der Waals surface area contributed by atoms with Crippen LogP contribution in [-0.4, -0.2) is 35.7 Å². The molecule has 1 heterocycles. The van der Waals surface area contributed by atoms with Crippen molar-refractivity contribution >= 4 is 11.9 Å². The monoisotopic (exact) mass is 283 g/mol. The number of nitrogens with one attached hydrogen (secondary N) is 1. The van der Waals surface area contributed by atoms with E-state index in [1.54, 1.807) is 0 Å². The van der Waals surface area contributed by atoms with Crippen molar-refractivity contribution in [3.63, 3.8) is 0 Å². The molecule has 5 nitrogen and oxygen atoms in total. The molecule has 1 amide bonds. The van der Waals surface area contributed by atoms with Gasteiger partial charge in [0.15, 0.2) is 0 Å². The van der Waals surface area contributed by atoms with Crippen molar-refractivity contribution in [2.45, 2.75) is 70.4 Å². The van der Waals surface area contributed by atoms with Crippen LogP contribution in [0.25, 0.3) is 0 Å². The van der Waals surface area contributed by atoms with Crippen LogP contribution in [0.5, 0.6) is 0 Å².